The third kappa shape index (κ3) is 9.26. The molecule has 16 heavy (non-hydrogen) atoms. The summed E-state index contributed by atoms with van der Waals surface area (Å²) in [5, 5.41) is 5.44. The number of amides is 2. The molecule has 0 fully saturated rings. The molecule has 0 aromatic heterocycles. The van der Waals surface area contributed by atoms with Crippen molar-refractivity contribution in [3.8, 4) is 0 Å². The molecule has 0 bridgehead atoms. The Hall–Kier alpha value is -1.30. The van der Waals surface area contributed by atoms with E-state index >= 15 is 0 Å². The zero-order valence-corrected chi connectivity index (χ0v) is 10.3. The van der Waals surface area contributed by atoms with Gasteiger partial charge in [-0.3, -0.25) is 4.79 Å². The summed E-state index contributed by atoms with van der Waals surface area (Å²) in [7, 11) is 0. The van der Waals surface area contributed by atoms with Crippen molar-refractivity contribution in [2.24, 2.45) is 5.73 Å². The summed E-state index contributed by atoms with van der Waals surface area (Å²) >= 11 is 0. The lowest BCUT2D eigenvalue weighted by atomic mass is 10.2. The van der Waals surface area contributed by atoms with Crippen LogP contribution in [-0.4, -0.2) is 36.7 Å². The molecule has 0 aliphatic rings. The Bertz CT molecular complexity index is 248. The number of primary amides is 1. The van der Waals surface area contributed by atoms with Crippen LogP contribution in [0.25, 0.3) is 0 Å². The summed E-state index contributed by atoms with van der Waals surface area (Å²) in [4.78, 5) is 21.7. The summed E-state index contributed by atoms with van der Waals surface area (Å²) in [5.74, 6) is -0.427. The fourth-order valence-corrected chi connectivity index (χ4v) is 0.898. The zero-order valence-electron chi connectivity index (χ0n) is 10.3. The molecule has 2 amide bonds. The predicted octanol–water partition coefficient (Wildman–Crippen LogP) is -0.0255. The molecule has 0 aromatic carbocycles. The van der Waals surface area contributed by atoms with E-state index in [1.807, 2.05) is 6.92 Å². The number of nitrogens with two attached hydrogens (primary N) is 1. The van der Waals surface area contributed by atoms with Crippen molar-refractivity contribution >= 4 is 12.0 Å². The van der Waals surface area contributed by atoms with Crippen molar-refractivity contribution in [3.63, 3.8) is 0 Å². The predicted molar refractivity (Wildman–Crippen MR) is 60.9 cm³/mol. The number of hydrogen-bond donors (Lipinski definition) is 3. The van der Waals surface area contributed by atoms with E-state index in [0.717, 1.165) is 0 Å². The Morgan fingerprint density at radius 3 is 2.38 bits per heavy atom. The topological polar surface area (TPSA) is 93.4 Å². The Morgan fingerprint density at radius 1 is 1.38 bits per heavy atom. The maximum atomic E-state index is 11.2. The number of carbonyl (C=O) groups is 2. The van der Waals surface area contributed by atoms with Gasteiger partial charge in [0.2, 0.25) is 5.91 Å². The normalized spacial score (nSPS) is 13.0. The quantitative estimate of drug-likeness (QED) is 0.619. The number of ether oxygens (including phenoxy) is 1. The van der Waals surface area contributed by atoms with Crippen LogP contribution in [0.2, 0.25) is 0 Å². The van der Waals surface area contributed by atoms with Gasteiger partial charge in [-0.15, -0.1) is 0 Å². The second-order valence-corrected chi connectivity index (χ2v) is 4.63. The van der Waals surface area contributed by atoms with Gasteiger partial charge in [0.05, 0.1) is 6.54 Å². The molecule has 94 valence electrons. The van der Waals surface area contributed by atoms with Gasteiger partial charge in [-0.2, -0.15) is 0 Å². The minimum atomic E-state index is -0.506. The first-order valence-electron chi connectivity index (χ1n) is 5.19. The highest BCUT2D eigenvalue weighted by Gasteiger charge is 2.16. The van der Waals surface area contributed by atoms with Crippen LogP contribution in [0.5, 0.6) is 0 Å². The van der Waals surface area contributed by atoms with Crippen LogP contribution in [0.15, 0.2) is 0 Å². The highest BCUT2D eigenvalue weighted by molar-refractivity contribution is 5.75. The summed E-state index contributed by atoms with van der Waals surface area (Å²) in [5.41, 5.74) is 4.46. The fraction of sp³-hybridized carbons (Fsp3) is 0.800. The molecule has 0 spiro atoms. The minimum Gasteiger partial charge on any atom is -0.444 e. The van der Waals surface area contributed by atoms with Gasteiger partial charge in [0, 0.05) is 12.6 Å². The summed E-state index contributed by atoms with van der Waals surface area (Å²) in [6.45, 7) is 7.68. The van der Waals surface area contributed by atoms with Crippen LogP contribution < -0.4 is 16.4 Å². The van der Waals surface area contributed by atoms with E-state index in [9.17, 15) is 9.59 Å². The van der Waals surface area contributed by atoms with Gasteiger partial charge in [-0.1, -0.05) is 0 Å². The molecule has 6 nitrogen and oxygen atoms in total. The molecule has 0 radical (unpaired) electrons. The summed E-state index contributed by atoms with van der Waals surface area (Å²) in [6.07, 6.45) is -0.472. The molecule has 0 aliphatic heterocycles. The van der Waals surface area contributed by atoms with E-state index < -0.39 is 17.6 Å². The molecular weight excluding hydrogens is 210 g/mol. The fourth-order valence-electron chi connectivity index (χ4n) is 0.898. The van der Waals surface area contributed by atoms with Crippen molar-refractivity contribution in [2.45, 2.75) is 39.3 Å². The Balaban J connectivity index is 3.71. The van der Waals surface area contributed by atoms with Crippen LogP contribution in [-0.2, 0) is 9.53 Å². The number of rotatable bonds is 5. The van der Waals surface area contributed by atoms with Crippen LogP contribution in [0.1, 0.15) is 27.7 Å². The van der Waals surface area contributed by atoms with Crippen molar-refractivity contribution < 1.29 is 14.3 Å². The van der Waals surface area contributed by atoms with E-state index in [2.05, 4.69) is 10.6 Å². The first-order valence-corrected chi connectivity index (χ1v) is 5.19. The minimum absolute atomic E-state index is 0.0416. The molecule has 1 atom stereocenters. The van der Waals surface area contributed by atoms with Crippen LogP contribution >= 0.6 is 0 Å². The number of alkyl carbamates (subject to hydrolysis) is 1. The molecular formula is C10H21N3O3. The molecule has 4 N–H and O–H groups in total. The molecule has 0 saturated heterocycles. The Kier molecular flexibility index (Phi) is 5.81. The lowest BCUT2D eigenvalue weighted by Gasteiger charge is -2.21. The first-order chi connectivity index (χ1) is 7.20. The van der Waals surface area contributed by atoms with Gasteiger partial charge in [-0.25, -0.2) is 4.79 Å². The lowest BCUT2D eigenvalue weighted by molar-refractivity contribution is -0.117. The second kappa shape index (κ2) is 6.32. The van der Waals surface area contributed by atoms with E-state index in [4.69, 9.17) is 10.5 Å². The van der Waals surface area contributed by atoms with Crippen molar-refractivity contribution in [1.29, 1.82) is 0 Å². The third-order valence-corrected chi connectivity index (χ3v) is 1.58. The monoisotopic (exact) mass is 231 g/mol. The van der Waals surface area contributed by atoms with Gasteiger partial charge in [0.15, 0.2) is 0 Å². The molecule has 1 unspecified atom stereocenters. The van der Waals surface area contributed by atoms with Crippen molar-refractivity contribution in [2.75, 3.05) is 13.1 Å². The third-order valence-electron chi connectivity index (χ3n) is 1.58. The highest BCUT2D eigenvalue weighted by Crippen LogP contribution is 2.06. The van der Waals surface area contributed by atoms with Gasteiger partial charge in [0.25, 0.3) is 0 Å². The average molecular weight is 231 g/mol. The number of hydrogen-bond acceptors (Lipinski definition) is 4. The lowest BCUT2D eigenvalue weighted by Crippen LogP contribution is -2.43. The Morgan fingerprint density at radius 2 is 1.94 bits per heavy atom. The van der Waals surface area contributed by atoms with Crippen molar-refractivity contribution in [1.82, 2.24) is 10.6 Å². The smallest absolute Gasteiger partial charge is 0.407 e. The van der Waals surface area contributed by atoms with Crippen LogP contribution in [0.4, 0.5) is 4.79 Å². The van der Waals surface area contributed by atoms with Gasteiger partial charge < -0.3 is 21.1 Å². The zero-order chi connectivity index (χ0) is 12.8. The van der Waals surface area contributed by atoms with Gasteiger partial charge >= 0.3 is 6.09 Å². The number of nitrogens with one attached hydrogen (secondary N) is 2. The average Bonchev–Trinajstić information content (AvgIpc) is 2.08. The molecule has 0 rings (SSSR count). The van der Waals surface area contributed by atoms with Gasteiger partial charge in [0.1, 0.15) is 5.60 Å². The maximum absolute atomic E-state index is 11.2. The number of carbonyl (C=O) groups excluding carboxylic acids is 2. The van der Waals surface area contributed by atoms with Crippen LogP contribution in [0.3, 0.4) is 0 Å². The van der Waals surface area contributed by atoms with Crippen molar-refractivity contribution in [3.05, 3.63) is 0 Å². The van der Waals surface area contributed by atoms with Gasteiger partial charge in [-0.05, 0) is 27.7 Å². The van der Waals surface area contributed by atoms with E-state index in [1.165, 1.54) is 0 Å². The molecule has 0 aliphatic carbocycles. The van der Waals surface area contributed by atoms with Crippen LogP contribution in [0, 0.1) is 0 Å². The van der Waals surface area contributed by atoms with E-state index in [1.54, 1.807) is 20.8 Å². The first kappa shape index (κ1) is 14.7. The second-order valence-electron chi connectivity index (χ2n) is 4.63. The highest BCUT2D eigenvalue weighted by atomic mass is 16.6. The Labute approximate surface area is 95.9 Å². The maximum Gasteiger partial charge on any atom is 0.407 e. The largest absolute Gasteiger partial charge is 0.444 e. The molecule has 0 aromatic rings. The molecule has 0 heterocycles. The van der Waals surface area contributed by atoms with E-state index in [-0.39, 0.29) is 12.6 Å². The standard InChI is InChI=1S/C10H21N3O3/c1-7(12-6-8(11)14)5-13-9(15)16-10(2,3)4/h7,12H,5-6H2,1-4H3,(H2,11,14)(H,13,15). The summed E-state index contributed by atoms with van der Waals surface area (Å²) < 4.78 is 5.04. The van der Waals surface area contributed by atoms with E-state index in [0.29, 0.717) is 6.54 Å². The SMILES string of the molecule is CC(CNC(=O)OC(C)(C)C)NCC(N)=O. The molecule has 6 heteroatoms. The molecule has 0 saturated carbocycles. The summed E-state index contributed by atoms with van der Waals surface area (Å²) in [6, 6.07) is -0.0416.